The van der Waals surface area contributed by atoms with E-state index in [0.29, 0.717) is 5.82 Å². The summed E-state index contributed by atoms with van der Waals surface area (Å²) in [6, 6.07) is 7.95. The lowest BCUT2D eigenvalue weighted by Gasteiger charge is -2.28. The summed E-state index contributed by atoms with van der Waals surface area (Å²) in [4.78, 5) is 16.4. The Morgan fingerprint density at radius 3 is 2.93 bits per heavy atom. The van der Waals surface area contributed by atoms with E-state index in [1.165, 1.54) is 16.8 Å². The first-order valence-corrected chi connectivity index (χ1v) is 9.23. The van der Waals surface area contributed by atoms with Crippen molar-refractivity contribution in [2.45, 2.75) is 33.4 Å². The van der Waals surface area contributed by atoms with Crippen molar-refractivity contribution in [1.82, 2.24) is 24.3 Å². The molecule has 0 saturated carbocycles. The summed E-state index contributed by atoms with van der Waals surface area (Å²) in [7, 11) is 0. The van der Waals surface area contributed by atoms with Crippen LogP contribution < -0.4 is 0 Å². The molecule has 0 radical (unpaired) electrons. The fourth-order valence-corrected chi connectivity index (χ4v) is 3.80. The molecule has 1 aliphatic rings. The summed E-state index contributed by atoms with van der Waals surface area (Å²) in [6.45, 7) is 6.90. The average molecular weight is 359 g/mol. The number of hydrogen-bond donors (Lipinski definition) is 0. The minimum atomic E-state index is 0.667. The van der Waals surface area contributed by atoms with Gasteiger partial charge in [0.05, 0.1) is 23.3 Å². The van der Waals surface area contributed by atoms with Crippen LogP contribution in [0.4, 0.5) is 0 Å². The van der Waals surface area contributed by atoms with Gasteiger partial charge < -0.3 is 8.82 Å². The van der Waals surface area contributed by atoms with E-state index >= 15 is 0 Å². The predicted octanol–water partition coefficient (Wildman–Crippen LogP) is 3.56. The number of rotatable bonds is 3. The second-order valence-corrected chi connectivity index (χ2v) is 7.13. The van der Waals surface area contributed by atoms with Crippen LogP contribution in [-0.4, -0.2) is 30.8 Å². The first kappa shape index (κ1) is 16.2. The number of fused-ring (bicyclic) bond motifs is 2. The smallest absolute Gasteiger partial charge is 0.195 e. The number of aryl methyl sites for hydroxylation is 2. The van der Waals surface area contributed by atoms with E-state index in [9.17, 15) is 0 Å². The molecule has 1 aliphatic heterocycles. The maximum absolute atomic E-state index is 5.42. The highest BCUT2D eigenvalue weighted by molar-refractivity contribution is 5.50. The Labute approximate surface area is 157 Å². The third-order valence-electron chi connectivity index (χ3n) is 5.27. The van der Waals surface area contributed by atoms with Gasteiger partial charge in [0.25, 0.3) is 0 Å². The molecule has 5 rings (SSSR count). The monoisotopic (exact) mass is 359 g/mol. The van der Waals surface area contributed by atoms with Crippen LogP contribution in [0, 0.1) is 13.8 Å². The van der Waals surface area contributed by atoms with E-state index in [0.717, 1.165) is 48.9 Å². The second kappa shape index (κ2) is 6.32. The van der Waals surface area contributed by atoms with Crippen molar-refractivity contribution in [3.63, 3.8) is 0 Å². The molecule has 5 heterocycles. The Bertz CT molecular complexity index is 1110. The summed E-state index contributed by atoms with van der Waals surface area (Å²) < 4.78 is 7.64. The molecule has 0 spiro atoms. The molecular weight excluding hydrogens is 338 g/mol. The lowest BCUT2D eigenvalue weighted by molar-refractivity contribution is 0.239. The van der Waals surface area contributed by atoms with Crippen LogP contribution in [0.1, 0.15) is 28.2 Å². The van der Waals surface area contributed by atoms with Crippen molar-refractivity contribution in [3.8, 4) is 11.6 Å². The number of pyridine rings is 1. The Morgan fingerprint density at radius 2 is 2.07 bits per heavy atom. The Morgan fingerprint density at radius 1 is 1.15 bits per heavy atom. The minimum absolute atomic E-state index is 0.667. The van der Waals surface area contributed by atoms with Gasteiger partial charge in [-0.15, -0.1) is 0 Å². The van der Waals surface area contributed by atoms with Crippen LogP contribution in [0.25, 0.3) is 17.2 Å². The van der Waals surface area contributed by atoms with Gasteiger partial charge in [0, 0.05) is 44.0 Å². The van der Waals surface area contributed by atoms with Gasteiger partial charge in [-0.25, -0.2) is 15.0 Å². The van der Waals surface area contributed by atoms with E-state index in [2.05, 4.69) is 46.5 Å². The molecule has 4 aromatic rings. The first-order valence-electron chi connectivity index (χ1n) is 9.23. The molecule has 6 heteroatoms. The third kappa shape index (κ3) is 2.82. The number of furan rings is 1. The molecule has 0 unspecified atom stereocenters. The fourth-order valence-electron chi connectivity index (χ4n) is 3.80. The van der Waals surface area contributed by atoms with E-state index in [4.69, 9.17) is 14.4 Å². The van der Waals surface area contributed by atoms with Crippen LogP contribution in [-0.2, 0) is 19.5 Å². The normalized spacial score (nSPS) is 14.6. The van der Waals surface area contributed by atoms with Crippen molar-refractivity contribution in [2.24, 2.45) is 0 Å². The Kier molecular flexibility index (Phi) is 3.79. The summed E-state index contributed by atoms with van der Waals surface area (Å²) in [6.07, 6.45) is 6.62. The lowest BCUT2D eigenvalue weighted by atomic mass is 10.1. The highest BCUT2D eigenvalue weighted by Crippen LogP contribution is 2.24. The van der Waals surface area contributed by atoms with Crippen molar-refractivity contribution in [1.29, 1.82) is 0 Å². The number of nitrogens with zero attached hydrogens (tertiary/aromatic N) is 5. The van der Waals surface area contributed by atoms with E-state index in [1.54, 1.807) is 6.26 Å². The van der Waals surface area contributed by atoms with Crippen LogP contribution >= 0.6 is 0 Å². The molecule has 0 bridgehead atoms. The number of hydrogen-bond acceptors (Lipinski definition) is 5. The standard InChI is InChI=1S/C21H21N5O/c1-14-5-3-8-26-18(15(2)23-21(14)26)13-25-9-7-17-16(12-25)11-22-20(24-17)19-6-4-10-27-19/h3-6,8,10-11H,7,9,12-13H2,1-2H3. The Hall–Kier alpha value is -2.99. The van der Waals surface area contributed by atoms with Crippen LogP contribution in [0.3, 0.4) is 0 Å². The highest BCUT2D eigenvalue weighted by atomic mass is 16.3. The molecule has 0 aliphatic carbocycles. The molecule has 0 fully saturated rings. The Balaban J connectivity index is 1.40. The predicted molar refractivity (Wildman–Crippen MR) is 102 cm³/mol. The molecule has 0 amide bonds. The van der Waals surface area contributed by atoms with E-state index in [1.807, 2.05) is 18.3 Å². The third-order valence-corrected chi connectivity index (χ3v) is 5.27. The zero-order valence-electron chi connectivity index (χ0n) is 15.5. The molecule has 136 valence electrons. The van der Waals surface area contributed by atoms with Crippen LogP contribution in [0.2, 0.25) is 0 Å². The minimum Gasteiger partial charge on any atom is -0.461 e. The van der Waals surface area contributed by atoms with Gasteiger partial charge in [0.2, 0.25) is 0 Å². The largest absolute Gasteiger partial charge is 0.461 e. The molecule has 4 aromatic heterocycles. The van der Waals surface area contributed by atoms with Gasteiger partial charge in [-0.05, 0) is 37.6 Å². The second-order valence-electron chi connectivity index (χ2n) is 7.13. The lowest BCUT2D eigenvalue weighted by Crippen LogP contribution is -2.31. The van der Waals surface area contributed by atoms with Crippen LogP contribution in [0.5, 0.6) is 0 Å². The molecule has 0 atom stereocenters. The number of imidazole rings is 1. The van der Waals surface area contributed by atoms with E-state index < -0.39 is 0 Å². The maximum atomic E-state index is 5.42. The summed E-state index contributed by atoms with van der Waals surface area (Å²) in [5.41, 5.74) is 6.92. The summed E-state index contributed by atoms with van der Waals surface area (Å²) in [5.74, 6) is 1.39. The first-order chi connectivity index (χ1) is 13.2. The van der Waals surface area contributed by atoms with Crippen molar-refractivity contribution in [2.75, 3.05) is 6.54 Å². The summed E-state index contributed by atoms with van der Waals surface area (Å²) >= 11 is 0. The van der Waals surface area contributed by atoms with Gasteiger partial charge in [0.15, 0.2) is 11.6 Å². The van der Waals surface area contributed by atoms with Gasteiger partial charge >= 0.3 is 0 Å². The number of aromatic nitrogens is 4. The van der Waals surface area contributed by atoms with Crippen molar-refractivity contribution in [3.05, 3.63) is 71.1 Å². The van der Waals surface area contributed by atoms with Crippen molar-refractivity contribution >= 4 is 5.65 Å². The highest BCUT2D eigenvalue weighted by Gasteiger charge is 2.21. The zero-order valence-corrected chi connectivity index (χ0v) is 15.5. The molecular formula is C21H21N5O. The van der Waals surface area contributed by atoms with E-state index in [-0.39, 0.29) is 0 Å². The van der Waals surface area contributed by atoms with Crippen LogP contribution in [0.15, 0.2) is 47.3 Å². The van der Waals surface area contributed by atoms with Gasteiger partial charge in [-0.1, -0.05) is 6.07 Å². The molecule has 27 heavy (non-hydrogen) atoms. The van der Waals surface area contributed by atoms with Gasteiger partial charge in [-0.3, -0.25) is 4.90 Å². The summed E-state index contributed by atoms with van der Waals surface area (Å²) in [5, 5.41) is 0. The average Bonchev–Trinajstić information content (AvgIpc) is 3.32. The topological polar surface area (TPSA) is 59.5 Å². The van der Waals surface area contributed by atoms with Gasteiger partial charge in [0.1, 0.15) is 5.65 Å². The fraction of sp³-hybridized carbons (Fsp3) is 0.286. The SMILES string of the molecule is Cc1nc2c(C)cccn2c1CN1CCc2nc(-c3ccco3)ncc2C1. The molecule has 0 aromatic carbocycles. The zero-order chi connectivity index (χ0) is 18.4. The van der Waals surface area contributed by atoms with Gasteiger partial charge in [-0.2, -0.15) is 0 Å². The quantitative estimate of drug-likeness (QED) is 0.560. The molecule has 0 saturated heterocycles. The molecule has 0 N–H and O–H groups in total. The van der Waals surface area contributed by atoms with Crippen molar-refractivity contribution < 1.29 is 4.42 Å². The maximum Gasteiger partial charge on any atom is 0.195 e. The molecule has 6 nitrogen and oxygen atoms in total.